The van der Waals surface area contributed by atoms with Gasteiger partial charge in [0.1, 0.15) is 11.4 Å². The van der Waals surface area contributed by atoms with Crippen LogP contribution in [0, 0.1) is 19.7 Å². The lowest BCUT2D eigenvalue weighted by Gasteiger charge is -2.26. The molecule has 1 fully saturated rings. The highest BCUT2D eigenvalue weighted by Gasteiger charge is 2.38. The first-order chi connectivity index (χ1) is 16.1. The maximum atomic E-state index is 14.3. The van der Waals surface area contributed by atoms with Crippen molar-refractivity contribution in [2.24, 2.45) is 0 Å². The largest absolute Gasteiger partial charge is 0.478 e. The van der Waals surface area contributed by atoms with Gasteiger partial charge in [-0.2, -0.15) is 0 Å². The SMILES string of the molecule is Cc1cc(/C=C2/C(=O)NC(=O)N(c3ccccc3F)C2=O)c(C)n1-c1ccc(C(=O)O)c(Cl)c1. The Morgan fingerprint density at radius 1 is 1.09 bits per heavy atom. The Morgan fingerprint density at radius 3 is 2.44 bits per heavy atom. The summed E-state index contributed by atoms with van der Waals surface area (Å²) in [6, 6.07) is 10.4. The van der Waals surface area contributed by atoms with E-state index in [1.807, 2.05) is 0 Å². The number of carbonyl (C=O) groups excluding carboxylic acids is 3. The molecule has 4 amide bonds. The molecule has 1 aliphatic rings. The number of hydrogen-bond donors (Lipinski definition) is 2. The number of amides is 4. The number of anilines is 1. The number of carboxylic acids is 1. The van der Waals surface area contributed by atoms with E-state index in [9.17, 15) is 28.7 Å². The lowest BCUT2D eigenvalue weighted by atomic mass is 10.1. The molecule has 0 bridgehead atoms. The highest BCUT2D eigenvalue weighted by atomic mass is 35.5. The minimum absolute atomic E-state index is 0.0439. The molecule has 0 unspecified atom stereocenters. The van der Waals surface area contributed by atoms with E-state index in [0.717, 1.165) is 6.07 Å². The number of urea groups is 1. The van der Waals surface area contributed by atoms with Crippen LogP contribution in [0.3, 0.4) is 0 Å². The average molecular weight is 482 g/mol. The molecule has 1 saturated heterocycles. The Balaban J connectivity index is 1.77. The highest BCUT2D eigenvalue weighted by Crippen LogP contribution is 2.28. The summed E-state index contributed by atoms with van der Waals surface area (Å²) in [7, 11) is 0. The normalized spacial score (nSPS) is 15.1. The van der Waals surface area contributed by atoms with Crippen LogP contribution in [0.25, 0.3) is 11.8 Å². The predicted octanol–water partition coefficient (Wildman–Crippen LogP) is 4.25. The van der Waals surface area contributed by atoms with Crippen LogP contribution in [0.5, 0.6) is 0 Å². The van der Waals surface area contributed by atoms with Gasteiger partial charge in [-0.15, -0.1) is 0 Å². The monoisotopic (exact) mass is 481 g/mol. The van der Waals surface area contributed by atoms with Gasteiger partial charge in [0.05, 0.1) is 16.3 Å². The Labute approximate surface area is 197 Å². The number of para-hydroxylation sites is 1. The molecule has 0 atom stereocenters. The Kier molecular flexibility index (Phi) is 5.80. The third kappa shape index (κ3) is 3.86. The first-order valence-electron chi connectivity index (χ1n) is 9.98. The van der Waals surface area contributed by atoms with Crippen molar-refractivity contribution in [3.63, 3.8) is 0 Å². The van der Waals surface area contributed by atoms with E-state index < -0.39 is 29.6 Å². The van der Waals surface area contributed by atoms with Crippen LogP contribution < -0.4 is 10.2 Å². The van der Waals surface area contributed by atoms with Crippen LogP contribution in [0.2, 0.25) is 5.02 Å². The van der Waals surface area contributed by atoms with E-state index in [2.05, 4.69) is 5.32 Å². The van der Waals surface area contributed by atoms with Crippen LogP contribution in [-0.2, 0) is 9.59 Å². The molecule has 10 heteroatoms. The minimum atomic E-state index is -1.15. The number of benzene rings is 2. The first kappa shape index (κ1) is 22.9. The maximum Gasteiger partial charge on any atom is 0.337 e. The second-order valence-corrected chi connectivity index (χ2v) is 7.95. The molecule has 1 aliphatic heterocycles. The number of rotatable bonds is 4. The molecule has 2 N–H and O–H groups in total. The van der Waals surface area contributed by atoms with Crippen molar-refractivity contribution >= 4 is 47.2 Å². The van der Waals surface area contributed by atoms with Gasteiger partial charge in [0.25, 0.3) is 11.8 Å². The average Bonchev–Trinajstić information content (AvgIpc) is 3.04. The quantitative estimate of drug-likeness (QED) is 0.427. The van der Waals surface area contributed by atoms with E-state index in [0.29, 0.717) is 27.5 Å². The van der Waals surface area contributed by atoms with Crippen LogP contribution in [0.15, 0.2) is 54.1 Å². The summed E-state index contributed by atoms with van der Waals surface area (Å²) in [6.45, 7) is 3.52. The van der Waals surface area contributed by atoms with Gasteiger partial charge in [-0.1, -0.05) is 23.7 Å². The van der Waals surface area contributed by atoms with Crippen molar-refractivity contribution in [1.29, 1.82) is 0 Å². The summed E-state index contributed by atoms with van der Waals surface area (Å²) in [6.07, 6.45) is 1.32. The number of nitrogens with zero attached hydrogens (tertiary/aromatic N) is 2. The van der Waals surface area contributed by atoms with Crippen LogP contribution >= 0.6 is 11.6 Å². The zero-order valence-corrected chi connectivity index (χ0v) is 18.7. The Bertz CT molecular complexity index is 1430. The molecule has 0 saturated carbocycles. The van der Waals surface area contributed by atoms with Gasteiger partial charge < -0.3 is 9.67 Å². The zero-order chi connectivity index (χ0) is 24.7. The standard InChI is InChI=1S/C24H17ClFN3O5/c1-12-9-14(13(2)28(12)15-7-8-16(23(32)33)18(25)11-15)10-17-21(30)27-24(34)29(22(17)31)20-6-4-3-5-19(20)26/h3-11H,1-2H3,(H,32,33)(H,27,30,34)/b17-10-. The predicted molar refractivity (Wildman–Crippen MR) is 123 cm³/mol. The van der Waals surface area contributed by atoms with Gasteiger partial charge in [0.2, 0.25) is 0 Å². The van der Waals surface area contributed by atoms with Crippen LogP contribution in [0.1, 0.15) is 27.3 Å². The number of hydrogen-bond acceptors (Lipinski definition) is 4. The topological polar surface area (TPSA) is 109 Å². The van der Waals surface area contributed by atoms with E-state index in [1.165, 1.54) is 36.4 Å². The third-order valence-corrected chi connectivity index (χ3v) is 5.72. The summed E-state index contributed by atoms with van der Waals surface area (Å²) in [5, 5.41) is 11.3. The molecule has 8 nitrogen and oxygen atoms in total. The number of aromatic carboxylic acids is 1. The summed E-state index contributed by atoms with van der Waals surface area (Å²) < 4.78 is 16.0. The van der Waals surface area contributed by atoms with Crippen molar-refractivity contribution in [2.45, 2.75) is 13.8 Å². The number of carbonyl (C=O) groups is 4. The van der Waals surface area contributed by atoms with E-state index in [-0.39, 0.29) is 21.8 Å². The second kappa shape index (κ2) is 8.60. The van der Waals surface area contributed by atoms with Gasteiger partial charge in [-0.25, -0.2) is 18.9 Å². The van der Waals surface area contributed by atoms with Crippen molar-refractivity contribution in [3.05, 3.63) is 87.5 Å². The lowest BCUT2D eigenvalue weighted by Crippen LogP contribution is -2.54. The first-order valence-corrected chi connectivity index (χ1v) is 10.4. The maximum absolute atomic E-state index is 14.3. The Morgan fingerprint density at radius 2 is 1.79 bits per heavy atom. The van der Waals surface area contributed by atoms with Crippen molar-refractivity contribution in [3.8, 4) is 5.69 Å². The van der Waals surface area contributed by atoms with Gasteiger partial charge in [0.15, 0.2) is 0 Å². The van der Waals surface area contributed by atoms with Gasteiger partial charge in [-0.3, -0.25) is 14.9 Å². The number of carboxylic acid groups (broad SMARTS) is 1. The van der Waals surface area contributed by atoms with Crippen LogP contribution in [0.4, 0.5) is 14.9 Å². The molecule has 4 rings (SSSR count). The molecular formula is C24H17ClFN3O5. The summed E-state index contributed by atoms with van der Waals surface area (Å²) in [4.78, 5) is 49.7. The van der Waals surface area contributed by atoms with Crippen molar-refractivity contribution < 1.29 is 28.7 Å². The minimum Gasteiger partial charge on any atom is -0.478 e. The fourth-order valence-electron chi connectivity index (χ4n) is 3.81. The van der Waals surface area contributed by atoms with Crippen molar-refractivity contribution in [1.82, 2.24) is 9.88 Å². The van der Waals surface area contributed by atoms with E-state index in [4.69, 9.17) is 11.6 Å². The molecule has 34 heavy (non-hydrogen) atoms. The van der Waals surface area contributed by atoms with E-state index >= 15 is 0 Å². The fourth-order valence-corrected chi connectivity index (χ4v) is 4.07. The van der Waals surface area contributed by atoms with Crippen molar-refractivity contribution in [2.75, 3.05) is 4.90 Å². The number of aryl methyl sites for hydroxylation is 1. The molecule has 0 radical (unpaired) electrons. The molecule has 0 spiro atoms. The molecule has 0 aliphatic carbocycles. The zero-order valence-electron chi connectivity index (χ0n) is 17.9. The summed E-state index contributed by atoms with van der Waals surface area (Å²) in [5.74, 6) is -3.81. The number of barbiturate groups is 1. The molecule has 3 aromatic rings. The third-order valence-electron chi connectivity index (χ3n) is 5.41. The van der Waals surface area contributed by atoms with Gasteiger partial charge in [-0.05, 0) is 61.9 Å². The number of halogens is 2. The number of aromatic nitrogens is 1. The summed E-state index contributed by atoms with van der Waals surface area (Å²) >= 11 is 6.11. The number of imide groups is 2. The number of nitrogens with one attached hydrogen (secondary N) is 1. The molecule has 1 aromatic heterocycles. The molecule has 2 heterocycles. The molecule has 172 valence electrons. The van der Waals surface area contributed by atoms with E-state index in [1.54, 1.807) is 30.5 Å². The lowest BCUT2D eigenvalue weighted by molar-refractivity contribution is -0.122. The fraction of sp³-hybridized carbons (Fsp3) is 0.0833. The molecule has 2 aromatic carbocycles. The van der Waals surface area contributed by atoms with Gasteiger partial charge >= 0.3 is 12.0 Å². The smallest absolute Gasteiger partial charge is 0.337 e. The highest BCUT2D eigenvalue weighted by molar-refractivity contribution is 6.39. The van der Waals surface area contributed by atoms with Crippen LogP contribution in [-0.4, -0.2) is 33.5 Å². The summed E-state index contributed by atoms with van der Waals surface area (Å²) in [5.41, 5.74) is 1.75. The second-order valence-electron chi connectivity index (χ2n) is 7.54. The van der Waals surface area contributed by atoms with Gasteiger partial charge in [0, 0.05) is 17.1 Å². The Hall–Kier alpha value is -4.24. The molecular weight excluding hydrogens is 465 g/mol.